The fourth-order valence-corrected chi connectivity index (χ4v) is 8.19. The van der Waals surface area contributed by atoms with Crippen LogP contribution in [0.1, 0.15) is 72.5 Å². The Balaban J connectivity index is 1.38. The molecule has 0 spiro atoms. The van der Waals surface area contributed by atoms with Gasteiger partial charge in [-0.05, 0) is 93.7 Å². The average molecular weight is 623 g/mol. The highest BCUT2D eigenvalue weighted by Gasteiger charge is 2.60. The van der Waals surface area contributed by atoms with Crippen molar-refractivity contribution in [2.45, 2.75) is 78.8 Å². The van der Waals surface area contributed by atoms with Gasteiger partial charge in [0.15, 0.2) is 0 Å². The number of fused-ring (bicyclic) bond motifs is 1. The van der Waals surface area contributed by atoms with Crippen molar-refractivity contribution < 1.29 is 14.0 Å². The lowest BCUT2D eigenvalue weighted by Gasteiger charge is -2.47. The number of halogens is 1. The molecule has 2 amide bonds. The van der Waals surface area contributed by atoms with E-state index >= 15 is 4.39 Å². The number of carbonyl (C=O) groups excluding carboxylic acids is 2. The SMILES string of the molecule is Cc1cc(C)c(NC(=O)C2(N(Cc3ccccc3F)C(=O)C[C@H]3[C@@H](c4c(C)[nH]c5ccccc45)C3(C)C)CCN(C)CC2)c(C)c1. The van der Waals surface area contributed by atoms with E-state index in [-0.39, 0.29) is 41.4 Å². The van der Waals surface area contributed by atoms with Crippen LogP contribution < -0.4 is 5.32 Å². The molecule has 2 fully saturated rings. The monoisotopic (exact) mass is 622 g/mol. The van der Waals surface area contributed by atoms with Crippen LogP contribution in [0.25, 0.3) is 10.9 Å². The highest BCUT2D eigenvalue weighted by molar-refractivity contribution is 6.02. The van der Waals surface area contributed by atoms with Crippen LogP contribution in [0.3, 0.4) is 0 Å². The Bertz CT molecular complexity index is 1780. The topological polar surface area (TPSA) is 68.4 Å². The number of amides is 2. The van der Waals surface area contributed by atoms with Crippen LogP contribution in [-0.4, -0.2) is 52.3 Å². The third-order valence-electron chi connectivity index (χ3n) is 11.0. The Labute approximate surface area is 272 Å². The van der Waals surface area contributed by atoms with Gasteiger partial charge in [0, 0.05) is 53.9 Å². The third kappa shape index (κ3) is 5.63. The minimum absolute atomic E-state index is 0.0401. The van der Waals surface area contributed by atoms with E-state index in [1.807, 2.05) is 33.9 Å². The molecule has 1 aliphatic heterocycles. The number of nitrogens with zero attached hydrogens (tertiary/aromatic N) is 2. The van der Waals surface area contributed by atoms with Crippen molar-refractivity contribution in [1.82, 2.24) is 14.8 Å². The van der Waals surface area contributed by atoms with Gasteiger partial charge in [-0.3, -0.25) is 9.59 Å². The van der Waals surface area contributed by atoms with Gasteiger partial charge in [0.1, 0.15) is 11.4 Å². The Morgan fingerprint density at radius 1 is 0.978 bits per heavy atom. The van der Waals surface area contributed by atoms with Crippen LogP contribution in [0.4, 0.5) is 10.1 Å². The lowest BCUT2D eigenvalue weighted by atomic mass is 9.83. The number of aryl methyl sites for hydroxylation is 4. The van der Waals surface area contributed by atoms with Crippen molar-refractivity contribution in [2.75, 3.05) is 25.5 Å². The highest BCUT2D eigenvalue weighted by Crippen LogP contribution is 2.67. The van der Waals surface area contributed by atoms with E-state index in [9.17, 15) is 9.59 Å². The number of benzene rings is 3. The molecule has 2 atom stereocenters. The summed E-state index contributed by atoms with van der Waals surface area (Å²) in [5, 5.41) is 4.46. The predicted octanol–water partition coefficient (Wildman–Crippen LogP) is 7.80. The summed E-state index contributed by atoms with van der Waals surface area (Å²) in [4.78, 5) is 36.9. The number of likely N-dealkylation sites (tertiary alicyclic amines) is 1. The molecular weight excluding hydrogens is 575 g/mol. The summed E-state index contributed by atoms with van der Waals surface area (Å²) in [6.07, 6.45) is 1.23. The second kappa shape index (κ2) is 12.0. The first-order chi connectivity index (χ1) is 21.8. The lowest BCUT2D eigenvalue weighted by Crippen LogP contribution is -2.63. The number of rotatable bonds is 8. The number of para-hydroxylation sites is 1. The molecule has 242 valence electrons. The smallest absolute Gasteiger partial charge is 0.250 e. The molecule has 2 heterocycles. The van der Waals surface area contributed by atoms with Gasteiger partial charge in [-0.1, -0.05) is 67.9 Å². The maximum Gasteiger partial charge on any atom is 0.250 e. The molecule has 4 aromatic rings. The molecule has 1 saturated carbocycles. The fourth-order valence-electron chi connectivity index (χ4n) is 8.19. The molecule has 6 rings (SSSR count). The van der Waals surface area contributed by atoms with Crippen molar-refractivity contribution >= 4 is 28.4 Å². The molecule has 2 N–H and O–H groups in total. The maximum atomic E-state index is 15.2. The Hall–Kier alpha value is -3.97. The molecule has 1 saturated heterocycles. The number of hydrogen-bond donors (Lipinski definition) is 2. The molecule has 46 heavy (non-hydrogen) atoms. The van der Waals surface area contributed by atoms with Crippen LogP contribution >= 0.6 is 0 Å². The number of hydrogen-bond acceptors (Lipinski definition) is 3. The molecule has 2 aliphatic rings. The summed E-state index contributed by atoms with van der Waals surface area (Å²) in [6.45, 7) is 14.0. The minimum Gasteiger partial charge on any atom is -0.358 e. The predicted molar refractivity (Wildman–Crippen MR) is 183 cm³/mol. The van der Waals surface area contributed by atoms with Gasteiger partial charge in [0.2, 0.25) is 11.8 Å². The van der Waals surface area contributed by atoms with Gasteiger partial charge in [-0.2, -0.15) is 0 Å². The van der Waals surface area contributed by atoms with E-state index < -0.39 is 5.54 Å². The van der Waals surface area contributed by atoms with E-state index in [1.54, 1.807) is 23.1 Å². The first-order valence-corrected chi connectivity index (χ1v) is 16.5. The summed E-state index contributed by atoms with van der Waals surface area (Å²) >= 11 is 0. The number of carbonyl (C=O) groups is 2. The summed E-state index contributed by atoms with van der Waals surface area (Å²) in [6, 6.07) is 19.1. The van der Waals surface area contributed by atoms with Crippen LogP contribution in [0.2, 0.25) is 0 Å². The normalized spacial score (nSPS) is 20.4. The zero-order valence-electron chi connectivity index (χ0n) is 28.3. The molecule has 1 aromatic heterocycles. The molecule has 1 aliphatic carbocycles. The molecule has 6 nitrogen and oxygen atoms in total. The summed E-state index contributed by atoms with van der Waals surface area (Å²) in [7, 11) is 2.04. The van der Waals surface area contributed by atoms with Crippen molar-refractivity contribution in [2.24, 2.45) is 11.3 Å². The summed E-state index contributed by atoms with van der Waals surface area (Å²) < 4.78 is 15.2. The number of nitrogens with one attached hydrogen (secondary N) is 2. The fraction of sp³-hybridized carbons (Fsp3) is 0.436. The number of aromatic amines is 1. The molecular formula is C39H47FN4O2. The Kier molecular flexibility index (Phi) is 8.34. The molecule has 7 heteroatoms. The summed E-state index contributed by atoms with van der Waals surface area (Å²) in [5.74, 6) is -0.372. The second-order valence-corrected chi connectivity index (χ2v) is 14.5. The first kappa shape index (κ1) is 32.0. The van der Waals surface area contributed by atoms with Gasteiger partial charge in [0.25, 0.3) is 0 Å². The highest BCUT2D eigenvalue weighted by atomic mass is 19.1. The van der Waals surface area contributed by atoms with Gasteiger partial charge < -0.3 is 20.1 Å². The van der Waals surface area contributed by atoms with Gasteiger partial charge >= 0.3 is 0 Å². The molecule has 3 aromatic carbocycles. The van der Waals surface area contributed by atoms with Gasteiger partial charge in [-0.15, -0.1) is 0 Å². The lowest BCUT2D eigenvalue weighted by molar-refractivity contribution is -0.150. The quantitative estimate of drug-likeness (QED) is 0.211. The molecule has 0 unspecified atom stereocenters. The number of piperidine rings is 1. The van der Waals surface area contributed by atoms with Crippen LogP contribution in [0.15, 0.2) is 60.7 Å². The standard InChI is InChI=1S/C39H47FN4O2/c1-24-20-25(2)36(26(3)21-24)42-37(46)39(16-18-43(7)19-17-39)44(23-28-12-8-10-14-31(28)40)33(45)22-30-35(38(30,5)6)34-27(4)41-32-15-11-9-13-29(32)34/h8-15,20-21,30,35,41H,16-19,22-23H2,1-7H3,(H,42,46)/t30-,35-/m0/s1. The van der Waals surface area contributed by atoms with Crippen molar-refractivity contribution in [3.63, 3.8) is 0 Å². The molecule has 0 radical (unpaired) electrons. The summed E-state index contributed by atoms with van der Waals surface area (Å²) in [5.41, 5.74) is 6.58. The van der Waals surface area contributed by atoms with Crippen molar-refractivity contribution in [1.29, 1.82) is 0 Å². The van der Waals surface area contributed by atoms with E-state index in [0.717, 1.165) is 33.6 Å². The van der Waals surface area contributed by atoms with Gasteiger partial charge in [0.05, 0.1) is 0 Å². The van der Waals surface area contributed by atoms with Crippen molar-refractivity contribution in [3.8, 4) is 0 Å². The Morgan fingerprint density at radius 2 is 1.61 bits per heavy atom. The number of H-pyrrole nitrogens is 1. The molecule has 0 bridgehead atoms. The van der Waals surface area contributed by atoms with Crippen LogP contribution in [0.5, 0.6) is 0 Å². The first-order valence-electron chi connectivity index (χ1n) is 16.5. The average Bonchev–Trinajstić information content (AvgIpc) is 3.35. The maximum absolute atomic E-state index is 15.2. The van der Waals surface area contributed by atoms with Crippen molar-refractivity contribution in [3.05, 3.63) is 100.0 Å². The zero-order valence-corrected chi connectivity index (χ0v) is 28.3. The van der Waals surface area contributed by atoms with E-state index in [0.29, 0.717) is 37.9 Å². The zero-order chi connectivity index (χ0) is 33.0. The second-order valence-electron chi connectivity index (χ2n) is 14.5. The Morgan fingerprint density at radius 3 is 2.28 bits per heavy atom. The van der Waals surface area contributed by atoms with E-state index in [4.69, 9.17) is 0 Å². The number of aromatic nitrogens is 1. The largest absolute Gasteiger partial charge is 0.358 e. The van der Waals surface area contributed by atoms with E-state index in [2.05, 4.69) is 66.3 Å². The van der Waals surface area contributed by atoms with Crippen LogP contribution in [0, 0.1) is 44.8 Å². The number of anilines is 1. The van der Waals surface area contributed by atoms with E-state index in [1.165, 1.54) is 17.0 Å². The minimum atomic E-state index is -1.12. The van der Waals surface area contributed by atoms with Gasteiger partial charge in [-0.25, -0.2) is 4.39 Å². The van der Waals surface area contributed by atoms with Crippen LogP contribution in [-0.2, 0) is 16.1 Å². The third-order valence-corrected chi connectivity index (χ3v) is 11.0.